The lowest BCUT2D eigenvalue weighted by Gasteiger charge is -2.60. The number of rotatable bonds is 2. The molecule has 6 atom stereocenters. The molecular formula is C19H33NO. The van der Waals surface area contributed by atoms with E-state index in [-0.39, 0.29) is 0 Å². The summed E-state index contributed by atoms with van der Waals surface area (Å²) in [7, 11) is 0. The fourth-order valence-electron chi connectivity index (χ4n) is 6.16. The van der Waals surface area contributed by atoms with Gasteiger partial charge in [-0.1, -0.05) is 27.7 Å². The van der Waals surface area contributed by atoms with Crippen molar-refractivity contribution >= 4 is 6.41 Å². The molecule has 0 aromatic carbocycles. The summed E-state index contributed by atoms with van der Waals surface area (Å²) in [5, 5.41) is 3.05. The van der Waals surface area contributed by atoms with Crippen LogP contribution in [0.5, 0.6) is 0 Å². The molecule has 0 aliphatic heterocycles. The summed E-state index contributed by atoms with van der Waals surface area (Å²) in [6.07, 6.45) is 10.3. The van der Waals surface area contributed by atoms with Gasteiger partial charge >= 0.3 is 0 Å². The molecule has 21 heavy (non-hydrogen) atoms. The van der Waals surface area contributed by atoms with Gasteiger partial charge in [0.15, 0.2) is 0 Å². The van der Waals surface area contributed by atoms with E-state index in [1.807, 2.05) is 0 Å². The number of hydrogen-bond donors (Lipinski definition) is 1. The summed E-state index contributed by atoms with van der Waals surface area (Å²) in [5.41, 5.74) is 1.06. The predicted octanol–water partition coefficient (Wildman–Crippen LogP) is 4.39. The lowest BCUT2D eigenvalue weighted by molar-refractivity contribution is -0.116. The predicted molar refractivity (Wildman–Crippen MR) is 86.8 cm³/mol. The zero-order valence-corrected chi connectivity index (χ0v) is 14.3. The van der Waals surface area contributed by atoms with Crippen molar-refractivity contribution in [1.82, 2.24) is 5.32 Å². The zero-order valence-electron chi connectivity index (χ0n) is 14.3. The minimum atomic E-state index is 0.439. The number of carbonyl (C=O) groups is 1. The summed E-state index contributed by atoms with van der Waals surface area (Å²) in [4.78, 5) is 10.7. The lowest BCUT2D eigenvalue weighted by atomic mass is 9.45. The quantitative estimate of drug-likeness (QED) is 0.751. The van der Waals surface area contributed by atoms with Gasteiger partial charge in [-0.3, -0.25) is 4.79 Å². The molecule has 2 nitrogen and oxygen atoms in total. The first-order valence-corrected chi connectivity index (χ1v) is 9.08. The van der Waals surface area contributed by atoms with Crippen molar-refractivity contribution in [1.29, 1.82) is 0 Å². The van der Waals surface area contributed by atoms with Crippen LogP contribution in [0.1, 0.15) is 72.6 Å². The summed E-state index contributed by atoms with van der Waals surface area (Å²) in [6.45, 7) is 10.1. The minimum Gasteiger partial charge on any atom is -0.356 e. The summed E-state index contributed by atoms with van der Waals surface area (Å²) < 4.78 is 0. The second-order valence-corrected chi connectivity index (χ2v) is 9.12. The van der Waals surface area contributed by atoms with E-state index in [4.69, 9.17) is 0 Å². The molecule has 0 heterocycles. The topological polar surface area (TPSA) is 29.1 Å². The standard InChI is InChI=1S/C19H33NO/c1-13-16-6-5-14-11-15(20-12-21)7-10-19(14,4)17(16)8-9-18(13,2)3/h12-17H,5-11H2,1-4H3,(H,20,21)/t13?,14?,15-,16?,17?,19?/m1/s1. The minimum absolute atomic E-state index is 0.439. The Hall–Kier alpha value is -0.530. The third kappa shape index (κ3) is 2.43. The van der Waals surface area contributed by atoms with Crippen LogP contribution in [0, 0.1) is 34.5 Å². The van der Waals surface area contributed by atoms with Crippen LogP contribution < -0.4 is 5.32 Å². The van der Waals surface area contributed by atoms with Gasteiger partial charge in [-0.05, 0) is 79.4 Å². The highest BCUT2D eigenvalue weighted by Gasteiger charge is 2.54. The Morgan fingerprint density at radius 1 is 1.05 bits per heavy atom. The lowest BCUT2D eigenvalue weighted by Crippen LogP contribution is -2.54. The van der Waals surface area contributed by atoms with Gasteiger partial charge in [-0.2, -0.15) is 0 Å². The van der Waals surface area contributed by atoms with Gasteiger partial charge in [0, 0.05) is 6.04 Å². The second-order valence-electron chi connectivity index (χ2n) is 9.12. The van der Waals surface area contributed by atoms with Crippen molar-refractivity contribution in [2.24, 2.45) is 34.5 Å². The van der Waals surface area contributed by atoms with Crippen LogP contribution in [0.3, 0.4) is 0 Å². The highest BCUT2D eigenvalue weighted by molar-refractivity contribution is 5.46. The first kappa shape index (κ1) is 15.4. The number of amides is 1. The van der Waals surface area contributed by atoms with E-state index in [0.29, 0.717) is 16.9 Å². The second kappa shape index (κ2) is 5.28. The van der Waals surface area contributed by atoms with Crippen molar-refractivity contribution in [2.75, 3.05) is 0 Å². The van der Waals surface area contributed by atoms with Gasteiger partial charge in [0.25, 0.3) is 0 Å². The maximum atomic E-state index is 10.7. The molecule has 0 bridgehead atoms. The molecule has 3 rings (SSSR count). The number of hydrogen-bond acceptors (Lipinski definition) is 1. The van der Waals surface area contributed by atoms with E-state index in [1.165, 1.54) is 44.9 Å². The Kier molecular flexibility index (Phi) is 3.86. The molecule has 3 fully saturated rings. The Bertz CT molecular complexity index is 404. The van der Waals surface area contributed by atoms with Crippen LogP contribution in [0.15, 0.2) is 0 Å². The molecule has 120 valence electrons. The van der Waals surface area contributed by atoms with E-state index >= 15 is 0 Å². The molecule has 5 unspecified atom stereocenters. The molecule has 0 aromatic rings. The molecule has 0 spiro atoms. The van der Waals surface area contributed by atoms with Gasteiger partial charge in [0.2, 0.25) is 6.41 Å². The molecule has 3 saturated carbocycles. The van der Waals surface area contributed by atoms with E-state index in [9.17, 15) is 4.79 Å². The van der Waals surface area contributed by atoms with Crippen LogP contribution in [0.25, 0.3) is 0 Å². The monoisotopic (exact) mass is 291 g/mol. The number of carbonyl (C=O) groups excluding carboxylic acids is 1. The van der Waals surface area contributed by atoms with Crippen LogP contribution in [-0.4, -0.2) is 12.5 Å². The molecule has 2 heteroatoms. The molecule has 0 aromatic heterocycles. The van der Waals surface area contributed by atoms with Gasteiger partial charge in [0.05, 0.1) is 0 Å². The van der Waals surface area contributed by atoms with Crippen molar-refractivity contribution in [3.05, 3.63) is 0 Å². The number of fused-ring (bicyclic) bond motifs is 3. The maximum Gasteiger partial charge on any atom is 0.207 e. The van der Waals surface area contributed by atoms with Crippen molar-refractivity contribution in [3.8, 4) is 0 Å². The fraction of sp³-hybridized carbons (Fsp3) is 0.947. The third-order valence-corrected chi connectivity index (χ3v) is 8.02. The molecule has 0 radical (unpaired) electrons. The molecule has 1 amide bonds. The van der Waals surface area contributed by atoms with E-state index in [1.54, 1.807) is 0 Å². The van der Waals surface area contributed by atoms with E-state index < -0.39 is 0 Å². The van der Waals surface area contributed by atoms with E-state index in [0.717, 1.165) is 30.1 Å². The largest absolute Gasteiger partial charge is 0.356 e. The smallest absolute Gasteiger partial charge is 0.207 e. The number of nitrogens with one attached hydrogen (secondary N) is 1. The average molecular weight is 291 g/mol. The highest BCUT2D eigenvalue weighted by Crippen LogP contribution is 2.62. The van der Waals surface area contributed by atoms with E-state index in [2.05, 4.69) is 33.0 Å². The first-order valence-electron chi connectivity index (χ1n) is 9.08. The molecular weight excluding hydrogens is 258 g/mol. The van der Waals surface area contributed by atoms with Crippen LogP contribution in [0.4, 0.5) is 0 Å². The molecule has 3 aliphatic rings. The molecule has 3 aliphatic carbocycles. The third-order valence-electron chi connectivity index (χ3n) is 8.02. The Morgan fingerprint density at radius 2 is 1.81 bits per heavy atom. The molecule has 0 saturated heterocycles. The first-order chi connectivity index (χ1) is 9.88. The Labute approximate surface area is 130 Å². The van der Waals surface area contributed by atoms with Crippen molar-refractivity contribution < 1.29 is 4.79 Å². The summed E-state index contributed by atoms with van der Waals surface area (Å²) in [5.74, 6) is 3.56. The highest BCUT2D eigenvalue weighted by atomic mass is 16.1. The average Bonchev–Trinajstić information content (AvgIpc) is 2.43. The van der Waals surface area contributed by atoms with Crippen LogP contribution in [-0.2, 0) is 4.79 Å². The van der Waals surface area contributed by atoms with Gasteiger partial charge in [-0.25, -0.2) is 0 Å². The molecule has 1 N–H and O–H groups in total. The van der Waals surface area contributed by atoms with Crippen molar-refractivity contribution in [2.45, 2.75) is 78.7 Å². The van der Waals surface area contributed by atoms with Crippen molar-refractivity contribution in [3.63, 3.8) is 0 Å². The van der Waals surface area contributed by atoms with Crippen LogP contribution in [0.2, 0.25) is 0 Å². The Balaban J connectivity index is 1.78. The normalized spacial score (nSPS) is 48.9. The van der Waals surface area contributed by atoms with Crippen LogP contribution >= 0.6 is 0 Å². The maximum absolute atomic E-state index is 10.7. The van der Waals surface area contributed by atoms with Gasteiger partial charge in [0.1, 0.15) is 0 Å². The summed E-state index contributed by atoms with van der Waals surface area (Å²) >= 11 is 0. The zero-order chi connectivity index (χ0) is 15.3. The van der Waals surface area contributed by atoms with Gasteiger partial charge < -0.3 is 5.32 Å². The Morgan fingerprint density at radius 3 is 2.52 bits per heavy atom. The SMILES string of the molecule is CC1C2CCC3C[C@H](NC=O)CCC3(C)C2CCC1(C)C. The summed E-state index contributed by atoms with van der Waals surface area (Å²) in [6, 6.07) is 0.439. The van der Waals surface area contributed by atoms with Gasteiger partial charge in [-0.15, -0.1) is 0 Å². The fourth-order valence-corrected chi connectivity index (χ4v) is 6.16.